The van der Waals surface area contributed by atoms with Crippen molar-refractivity contribution < 1.29 is 8.78 Å². The van der Waals surface area contributed by atoms with E-state index in [9.17, 15) is 8.78 Å². The van der Waals surface area contributed by atoms with Crippen molar-refractivity contribution in [2.24, 2.45) is 0 Å². The third kappa shape index (κ3) is 2.78. The molecule has 2 rings (SSSR count). The van der Waals surface area contributed by atoms with Crippen LogP contribution in [0.5, 0.6) is 0 Å². The zero-order valence-corrected chi connectivity index (χ0v) is 10.3. The summed E-state index contributed by atoms with van der Waals surface area (Å²) in [5, 5.41) is 3.08. The molecule has 0 aliphatic carbocycles. The summed E-state index contributed by atoms with van der Waals surface area (Å²) >= 11 is 5.86. The first kappa shape index (κ1) is 12.8. The van der Waals surface area contributed by atoms with E-state index in [1.165, 1.54) is 12.1 Å². The van der Waals surface area contributed by atoms with Crippen LogP contribution in [0.1, 0.15) is 31.2 Å². The summed E-state index contributed by atoms with van der Waals surface area (Å²) in [5.74, 6) is -2.90. The Morgan fingerprint density at radius 2 is 1.94 bits per heavy atom. The lowest BCUT2D eigenvalue weighted by molar-refractivity contribution is -0.0447. The molecule has 94 valence electrons. The van der Waals surface area contributed by atoms with Gasteiger partial charge in [0.15, 0.2) is 0 Å². The van der Waals surface area contributed by atoms with Crippen LogP contribution in [0.2, 0.25) is 5.02 Å². The molecule has 1 nitrogen and oxygen atoms in total. The quantitative estimate of drug-likeness (QED) is 0.848. The second-order valence-electron chi connectivity index (χ2n) is 4.46. The molecule has 1 unspecified atom stereocenters. The molecule has 1 N–H and O–H groups in total. The highest BCUT2D eigenvalue weighted by molar-refractivity contribution is 6.31. The van der Waals surface area contributed by atoms with Gasteiger partial charge in [0.1, 0.15) is 0 Å². The molecule has 0 aromatic heterocycles. The van der Waals surface area contributed by atoms with Crippen molar-refractivity contribution in [3.63, 3.8) is 0 Å². The zero-order valence-electron chi connectivity index (χ0n) is 9.56. The third-order valence-corrected chi connectivity index (χ3v) is 3.56. The van der Waals surface area contributed by atoms with Gasteiger partial charge in [-0.15, -0.1) is 0 Å². The van der Waals surface area contributed by atoms with Gasteiger partial charge in [-0.2, -0.15) is 8.78 Å². The Kier molecular flexibility index (Phi) is 4.00. The van der Waals surface area contributed by atoms with Crippen LogP contribution < -0.4 is 5.32 Å². The van der Waals surface area contributed by atoms with Gasteiger partial charge in [0, 0.05) is 10.6 Å². The summed E-state index contributed by atoms with van der Waals surface area (Å²) in [5.41, 5.74) is -0.0685. The largest absolute Gasteiger partial charge is 0.308 e. The van der Waals surface area contributed by atoms with E-state index in [2.05, 4.69) is 5.32 Å². The predicted molar refractivity (Wildman–Crippen MR) is 65.6 cm³/mol. The molecule has 1 aliphatic rings. The van der Waals surface area contributed by atoms with Crippen LogP contribution in [0.15, 0.2) is 24.3 Å². The molecule has 1 atom stereocenters. The molecule has 0 saturated carbocycles. The maximum Gasteiger partial charge on any atom is 0.289 e. The van der Waals surface area contributed by atoms with Crippen LogP contribution in [0.3, 0.4) is 0 Å². The number of hydrogen-bond acceptors (Lipinski definition) is 1. The lowest BCUT2D eigenvalue weighted by atomic mass is 9.97. The van der Waals surface area contributed by atoms with Crippen LogP contribution in [0.25, 0.3) is 0 Å². The van der Waals surface area contributed by atoms with Gasteiger partial charge in [-0.05, 0) is 25.5 Å². The van der Waals surface area contributed by atoms with Crippen LogP contribution in [0, 0.1) is 0 Å². The van der Waals surface area contributed by atoms with Gasteiger partial charge in [0.2, 0.25) is 0 Å². The number of hydrogen-bond donors (Lipinski definition) is 1. The standard InChI is InChI=1S/C13H16ClF2N/c14-11-7-4-3-6-10(11)13(15,16)12-8-2-1-5-9-17-12/h3-4,6-7,12,17H,1-2,5,8-9H2. The molecule has 1 heterocycles. The molecular weight excluding hydrogens is 244 g/mol. The molecule has 17 heavy (non-hydrogen) atoms. The number of benzene rings is 1. The van der Waals surface area contributed by atoms with Crippen LogP contribution >= 0.6 is 11.6 Å². The van der Waals surface area contributed by atoms with Crippen molar-refractivity contribution in [1.82, 2.24) is 5.32 Å². The Balaban J connectivity index is 2.25. The normalized spacial score (nSPS) is 22.2. The van der Waals surface area contributed by atoms with Crippen LogP contribution in [-0.2, 0) is 5.92 Å². The van der Waals surface area contributed by atoms with E-state index in [0.717, 1.165) is 19.3 Å². The van der Waals surface area contributed by atoms with Gasteiger partial charge >= 0.3 is 0 Å². The first-order chi connectivity index (χ1) is 8.12. The number of rotatable bonds is 2. The Morgan fingerprint density at radius 1 is 1.18 bits per heavy atom. The Hall–Kier alpha value is -0.670. The minimum atomic E-state index is -2.90. The molecule has 1 aromatic rings. The van der Waals surface area contributed by atoms with Crippen molar-refractivity contribution in [2.45, 2.75) is 37.6 Å². The molecule has 1 saturated heterocycles. The summed E-state index contributed by atoms with van der Waals surface area (Å²) in [6, 6.07) is 5.40. The number of halogens is 3. The smallest absolute Gasteiger partial charge is 0.289 e. The van der Waals surface area contributed by atoms with Crippen molar-refractivity contribution >= 4 is 11.6 Å². The number of nitrogens with one attached hydrogen (secondary N) is 1. The van der Waals surface area contributed by atoms with Gasteiger partial charge < -0.3 is 5.32 Å². The van der Waals surface area contributed by atoms with E-state index < -0.39 is 12.0 Å². The van der Waals surface area contributed by atoms with Crippen molar-refractivity contribution in [2.75, 3.05) is 6.54 Å². The van der Waals surface area contributed by atoms with E-state index in [1.807, 2.05) is 0 Å². The summed E-state index contributed by atoms with van der Waals surface area (Å²) in [7, 11) is 0. The van der Waals surface area contributed by atoms with Gasteiger partial charge in [-0.3, -0.25) is 0 Å². The Bertz CT molecular complexity index is 373. The monoisotopic (exact) mass is 259 g/mol. The average Bonchev–Trinajstić information content (AvgIpc) is 2.58. The van der Waals surface area contributed by atoms with Gasteiger partial charge in [0.05, 0.1) is 6.04 Å². The first-order valence-electron chi connectivity index (χ1n) is 5.98. The fourth-order valence-electron chi connectivity index (χ4n) is 2.26. The molecule has 1 aliphatic heterocycles. The minimum Gasteiger partial charge on any atom is -0.308 e. The van der Waals surface area contributed by atoms with E-state index in [0.29, 0.717) is 13.0 Å². The highest BCUT2D eigenvalue weighted by atomic mass is 35.5. The second kappa shape index (κ2) is 5.32. The molecule has 1 aromatic carbocycles. The highest BCUT2D eigenvalue weighted by Crippen LogP contribution is 2.38. The van der Waals surface area contributed by atoms with Gasteiger partial charge in [0.25, 0.3) is 5.92 Å². The molecule has 0 spiro atoms. The maximum atomic E-state index is 14.3. The molecule has 0 amide bonds. The molecule has 4 heteroatoms. The average molecular weight is 260 g/mol. The summed E-state index contributed by atoms with van der Waals surface area (Å²) in [6.07, 6.45) is 3.33. The number of alkyl halides is 2. The summed E-state index contributed by atoms with van der Waals surface area (Å²) in [6.45, 7) is 0.657. The van der Waals surface area contributed by atoms with Gasteiger partial charge in [-0.25, -0.2) is 0 Å². The van der Waals surface area contributed by atoms with E-state index in [4.69, 9.17) is 11.6 Å². The topological polar surface area (TPSA) is 12.0 Å². The lowest BCUT2D eigenvalue weighted by Gasteiger charge is -2.27. The fourth-order valence-corrected chi connectivity index (χ4v) is 2.52. The van der Waals surface area contributed by atoms with Crippen molar-refractivity contribution in [3.05, 3.63) is 34.9 Å². The first-order valence-corrected chi connectivity index (χ1v) is 6.36. The Morgan fingerprint density at radius 3 is 2.71 bits per heavy atom. The second-order valence-corrected chi connectivity index (χ2v) is 4.87. The molecule has 0 radical (unpaired) electrons. The van der Waals surface area contributed by atoms with Gasteiger partial charge in [-0.1, -0.05) is 42.6 Å². The van der Waals surface area contributed by atoms with Crippen LogP contribution in [0.4, 0.5) is 8.78 Å². The van der Waals surface area contributed by atoms with Crippen LogP contribution in [-0.4, -0.2) is 12.6 Å². The summed E-state index contributed by atoms with van der Waals surface area (Å²) < 4.78 is 28.7. The van der Waals surface area contributed by atoms with Crippen molar-refractivity contribution in [1.29, 1.82) is 0 Å². The minimum absolute atomic E-state index is 0.0685. The molecular formula is C13H16ClF2N. The summed E-state index contributed by atoms with van der Waals surface area (Å²) in [4.78, 5) is 0. The SMILES string of the molecule is FC(F)(c1ccccc1Cl)C1CCCCCN1. The maximum absolute atomic E-state index is 14.3. The lowest BCUT2D eigenvalue weighted by Crippen LogP contribution is -2.42. The molecule has 1 fully saturated rings. The van der Waals surface area contributed by atoms with E-state index in [-0.39, 0.29) is 10.6 Å². The Labute approximate surface area is 105 Å². The van der Waals surface area contributed by atoms with E-state index >= 15 is 0 Å². The molecule has 0 bridgehead atoms. The highest BCUT2D eigenvalue weighted by Gasteiger charge is 2.42. The van der Waals surface area contributed by atoms with Crippen molar-refractivity contribution in [3.8, 4) is 0 Å². The van der Waals surface area contributed by atoms with E-state index in [1.54, 1.807) is 12.1 Å². The predicted octanol–water partition coefficient (Wildman–Crippen LogP) is 3.96. The fraction of sp³-hybridized carbons (Fsp3) is 0.538. The zero-order chi connectivity index (χ0) is 12.3. The third-order valence-electron chi connectivity index (χ3n) is 3.23.